The first-order valence-electron chi connectivity index (χ1n) is 11.7. The van der Waals surface area contributed by atoms with E-state index in [9.17, 15) is 0 Å². The highest BCUT2D eigenvalue weighted by molar-refractivity contribution is 9.10. The molecule has 5 aromatic rings. The number of pyridine rings is 1. The predicted molar refractivity (Wildman–Crippen MR) is 148 cm³/mol. The van der Waals surface area contributed by atoms with Crippen LogP contribution >= 0.6 is 50.9 Å². The quantitative estimate of drug-likeness (QED) is 0.216. The number of fused-ring (bicyclic) bond motifs is 1. The molecule has 1 saturated heterocycles. The van der Waals surface area contributed by atoms with Crippen LogP contribution in [0.15, 0.2) is 69.0 Å². The highest BCUT2D eigenvalue weighted by Gasteiger charge is 2.40. The number of imidazole rings is 2. The van der Waals surface area contributed by atoms with E-state index in [0.29, 0.717) is 15.5 Å². The number of anilines is 1. The molecule has 0 unspecified atom stereocenters. The van der Waals surface area contributed by atoms with E-state index in [1.165, 1.54) is 41.3 Å². The average Bonchev–Trinajstić information content (AvgIpc) is 3.54. The summed E-state index contributed by atoms with van der Waals surface area (Å²) in [7, 11) is 0. The summed E-state index contributed by atoms with van der Waals surface area (Å²) < 4.78 is 3.35. The molecule has 176 valence electrons. The summed E-state index contributed by atoms with van der Waals surface area (Å²) in [4.78, 5) is 14.2. The highest BCUT2D eigenvalue weighted by Crippen LogP contribution is 2.46. The average molecular weight is 584 g/mol. The van der Waals surface area contributed by atoms with Gasteiger partial charge in [0.05, 0.1) is 21.1 Å². The zero-order valence-corrected chi connectivity index (χ0v) is 22.7. The molecule has 2 aromatic carbocycles. The molecule has 0 bridgehead atoms. The van der Waals surface area contributed by atoms with Crippen molar-refractivity contribution in [1.82, 2.24) is 14.4 Å². The van der Waals surface area contributed by atoms with Crippen molar-refractivity contribution in [2.24, 2.45) is 5.41 Å². The topological polar surface area (TPSA) is 33.4 Å². The van der Waals surface area contributed by atoms with Gasteiger partial charge >= 0.3 is 0 Å². The van der Waals surface area contributed by atoms with Gasteiger partial charge in [-0.1, -0.05) is 63.0 Å². The molecular formula is C27H21BrCl2N4S. The molecule has 2 aliphatic rings. The van der Waals surface area contributed by atoms with Gasteiger partial charge in [0.1, 0.15) is 11.2 Å². The molecule has 1 aliphatic heterocycles. The van der Waals surface area contributed by atoms with Crippen LogP contribution in [-0.2, 0) is 12.8 Å². The molecular weight excluding hydrogens is 563 g/mol. The summed E-state index contributed by atoms with van der Waals surface area (Å²) in [6, 6.07) is 16.6. The van der Waals surface area contributed by atoms with Gasteiger partial charge in [0.2, 0.25) is 0 Å². The maximum Gasteiger partial charge on any atom is 0.157 e. The van der Waals surface area contributed by atoms with Crippen LogP contribution < -0.4 is 4.90 Å². The number of hydrogen-bond donors (Lipinski definition) is 0. The molecule has 4 nitrogen and oxygen atoms in total. The predicted octanol–water partition coefficient (Wildman–Crippen LogP) is 7.93. The normalized spacial score (nSPS) is 17.2. The SMILES string of the molecule is Clc1cccc(Sc2ccc3nc(N4CCC5(CC4)Cc4ccc(Br)cc4C5)c4cnc2n34)c1Cl. The highest BCUT2D eigenvalue weighted by atomic mass is 79.9. The van der Waals surface area contributed by atoms with E-state index in [1.807, 2.05) is 18.3 Å². The first-order valence-corrected chi connectivity index (χ1v) is 14.1. The smallest absolute Gasteiger partial charge is 0.157 e. The standard InChI is InChI=1S/C27H21BrCl2N4S/c28-18-5-4-16-13-27(14-17(16)12-18)8-10-33(11-9-27)25-20-15-31-26-22(6-7-23(32-25)34(20)26)35-21-3-1-2-19(29)24(21)30/h1-7,12,15H,8-11,13-14H2. The molecule has 0 amide bonds. The van der Waals surface area contributed by atoms with E-state index < -0.39 is 0 Å². The maximum absolute atomic E-state index is 6.44. The summed E-state index contributed by atoms with van der Waals surface area (Å²) in [6.45, 7) is 2.05. The fourth-order valence-electron chi connectivity index (χ4n) is 5.81. The Morgan fingerprint density at radius 1 is 0.943 bits per heavy atom. The third kappa shape index (κ3) is 3.64. The van der Waals surface area contributed by atoms with Gasteiger partial charge in [0.15, 0.2) is 11.5 Å². The van der Waals surface area contributed by atoms with Crippen LogP contribution in [0.2, 0.25) is 10.0 Å². The fraction of sp³-hybridized carbons (Fsp3) is 0.259. The van der Waals surface area contributed by atoms with E-state index in [2.05, 4.69) is 55.6 Å². The number of halogens is 3. The second kappa shape index (κ2) is 8.27. The minimum absolute atomic E-state index is 0.387. The summed E-state index contributed by atoms with van der Waals surface area (Å²) >= 11 is 17.9. The second-order valence-electron chi connectivity index (χ2n) is 9.70. The molecule has 1 fully saturated rings. The van der Waals surface area contributed by atoms with Crippen LogP contribution in [0, 0.1) is 5.41 Å². The van der Waals surface area contributed by atoms with Crippen LogP contribution in [0.3, 0.4) is 0 Å². The number of nitrogens with zero attached hydrogens (tertiary/aromatic N) is 4. The van der Waals surface area contributed by atoms with Gasteiger partial charge in [-0.15, -0.1) is 0 Å². The first kappa shape index (κ1) is 22.2. The summed E-state index contributed by atoms with van der Waals surface area (Å²) in [5.74, 6) is 1.04. The lowest BCUT2D eigenvalue weighted by Crippen LogP contribution is -2.40. The van der Waals surface area contributed by atoms with E-state index in [0.717, 1.165) is 45.5 Å². The summed E-state index contributed by atoms with van der Waals surface area (Å²) in [5.41, 5.74) is 6.34. The zero-order valence-electron chi connectivity index (χ0n) is 18.8. The Balaban J connectivity index is 1.16. The molecule has 0 N–H and O–H groups in total. The van der Waals surface area contributed by atoms with Gasteiger partial charge in [-0.2, -0.15) is 0 Å². The van der Waals surface area contributed by atoms with Gasteiger partial charge in [-0.25, -0.2) is 9.97 Å². The van der Waals surface area contributed by atoms with Crippen LogP contribution in [0.1, 0.15) is 24.0 Å². The lowest BCUT2D eigenvalue weighted by molar-refractivity contribution is 0.232. The molecule has 35 heavy (non-hydrogen) atoms. The maximum atomic E-state index is 6.44. The van der Waals surface area contributed by atoms with E-state index in [-0.39, 0.29) is 0 Å². The first-order chi connectivity index (χ1) is 17.0. The Morgan fingerprint density at radius 3 is 2.63 bits per heavy atom. The lowest BCUT2D eigenvalue weighted by Gasteiger charge is -2.39. The molecule has 0 radical (unpaired) electrons. The molecule has 1 spiro atoms. The van der Waals surface area contributed by atoms with Crippen LogP contribution in [0.5, 0.6) is 0 Å². The van der Waals surface area contributed by atoms with Crippen molar-refractivity contribution < 1.29 is 0 Å². The van der Waals surface area contributed by atoms with Gasteiger partial charge in [-0.3, -0.25) is 4.40 Å². The van der Waals surface area contributed by atoms with Crippen molar-refractivity contribution in [3.63, 3.8) is 0 Å². The van der Waals surface area contributed by atoms with Crippen molar-refractivity contribution in [2.45, 2.75) is 35.5 Å². The number of hydrogen-bond acceptors (Lipinski definition) is 4. The summed E-state index contributed by atoms with van der Waals surface area (Å²) in [6.07, 6.45) is 6.71. The third-order valence-corrected chi connectivity index (χ3v) is 10.1. The Labute approximate surface area is 226 Å². The molecule has 7 rings (SSSR count). The fourth-order valence-corrected chi connectivity index (χ4v) is 7.65. The van der Waals surface area contributed by atoms with Crippen LogP contribution in [0.4, 0.5) is 5.82 Å². The molecule has 0 atom stereocenters. The summed E-state index contributed by atoms with van der Waals surface area (Å²) in [5, 5.41) is 1.13. The molecule has 0 saturated carbocycles. The Bertz CT molecular complexity index is 1590. The van der Waals surface area contributed by atoms with Crippen molar-refractivity contribution in [3.05, 3.63) is 80.4 Å². The Kier molecular flexibility index (Phi) is 5.25. The monoisotopic (exact) mass is 582 g/mol. The van der Waals surface area contributed by atoms with Crippen LogP contribution in [-0.4, -0.2) is 27.5 Å². The van der Waals surface area contributed by atoms with Gasteiger partial charge in [0, 0.05) is 22.5 Å². The van der Waals surface area contributed by atoms with Crippen molar-refractivity contribution in [1.29, 1.82) is 0 Å². The number of benzene rings is 2. The second-order valence-corrected chi connectivity index (χ2v) is 12.5. The van der Waals surface area contributed by atoms with E-state index >= 15 is 0 Å². The molecule has 8 heteroatoms. The van der Waals surface area contributed by atoms with Gasteiger partial charge < -0.3 is 4.90 Å². The number of rotatable bonds is 3. The molecule has 4 heterocycles. The minimum Gasteiger partial charge on any atom is -0.355 e. The third-order valence-electron chi connectivity index (χ3n) is 7.60. The number of aromatic nitrogens is 3. The van der Waals surface area contributed by atoms with Gasteiger partial charge in [-0.05, 0) is 78.6 Å². The van der Waals surface area contributed by atoms with E-state index in [1.54, 1.807) is 17.8 Å². The zero-order chi connectivity index (χ0) is 23.7. The Morgan fingerprint density at radius 2 is 1.77 bits per heavy atom. The van der Waals surface area contributed by atoms with Crippen LogP contribution in [0.25, 0.3) is 16.8 Å². The number of piperidine rings is 1. The Hall–Kier alpha value is -1.99. The minimum atomic E-state index is 0.387. The van der Waals surface area contributed by atoms with Crippen molar-refractivity contribution in [3.8, 4) is 0 Å². The van der Waals surface area contributed by atoms with E-state index in [4.69, 9.17) is 33.2 Å². The largest absolute Gasteiger partial charge is 0.355 e. The molecule has 3 aromatic heterocycles. The lowest BCUT2D eigenvalue weighted by atomic mass is 9.76. The van der Waals surface area contributed by atoms with Gasteiger partial charge in [0.25, 0.3) is 0 Å². The van der Waals surface area contributed by atoms with Crippen molar-refractivity contribution in [2.75, 3.05) is 18.0 Å². The van der Waals surface area contributed by atoms with Crippen molar-refractivity contribution >= 4 is 73.5 Å². The molecule has 1 aliphatic carbocycles.